The summed E-state index contributed by atoms with van der Waals surface area (Å²) in [6.45, 7) is 5.05. The summed E-state index contributed by atoms with van der Waals surface area (Å²) in [6.07, 6.45) is 13.1. The fourth-order valence-corrected chi connectivity index (χ4v) is 3.54. The van der Waals surface area contributed by atoms with Gasteiger partial charge < -0.3 is 19.1 Å². The molecule has 28 heavy (non-hydrogen) atoms. The van der Waals surface area contributed by atoms with Crippen LogP contribution in [0.3, 0.4) is 0 Å². The van der Waals surface area contributed by atoms with Crippen molar-refractivity contribution in [1.29, 1.82) is 0 Å². The largest absolute Gasteiger partial charge is 0.550 e. The Morgan fingerprint density at radius 1 is 0.893 bits per heavy atom. The Kier molecular flexibility index (Phi) is 15.2. The number of hydrogen-bond donors (Lipinski definition) is 0. The van der Waals surface area contributed by atoms with Crippen molar-refractivity contribution in [2.45, 2.75) is 103 Å². The molecule has 0 aromatic heterocycles. The first-order chi connectivity index (χ1) is 13.1. The summed E-state index contributed by atoms with van der Waals surface area (Å²) in [5.41, 5.74) is 0. The van der Waals surface area contributed by atoms with Crippen molar-refractivity contribution >= 4 is 11.9 Å². The van der Waals surface area contributed by atoms with E-state index in [1.165, 1.54) is 51.4 Å². The van der Waals surface area contributed by atoms with E-state index in [9.17, 15) is 14.7 Å². The standard InChI is InChI=1S/C23H45NO4/c1-6-7-8-9-10-12-15-20(2)16-13-11-14-17-23(27)28-21(18-22(25)26)19-24(3,4)5/h20-21H,6-19H2,1-5H3. The van der Waals surface area contributed by atoms with Gasteiger partial charge in [0.05, 0.1) is 21.1 Å². The highest BCUT2D eigenvalue weighted by Gasteiger charge is 2.22. The number of carboxylic acids is 1. The lowest BCUT2D eigenvalue weighted by atomic mass is 9.96. The first-order valence-corrected chi connectivity index (χ1v) is 11.3. The van der Waals surface area contributed by atoms with Gasteiger partial charge in [0.25, 0.3) is 0 Å². The topological polar surface area (TPSA) is 66.4 Å². The van der Waals surface area contributed by atoms with Crippen molar-refractivity contribution in [3.05, 3.63) is 0 Å². The Labute approximate surface area is 173 Å². The molecular weight excluding hydrogens is 354 g/mol. The number of unbranched alkanes of at least 4 members (excludes halogenated alkanes) is 7. The molecule has 0 N–H and O–H groups in total. The van der Waals surface area contributed by atoms with Gasteiger partial charge >= 0.3 is 5.97 Å². The molecule has 0 aromatic carbocycles. The zero-order valence-electron chi connectivity index (χ0n) is 19.1. The van der Waals surface area contributed by atoms with Gasteiger partial charge in [-0.15, -0.1) is 0 Å². The minimum atomic E-state index is -1.18. The van der Waals surface area contributed by atoms with Crippen molar-refractivity contribution in [3.8, 4) is 0 Å². The van der Waals surface area contributed by atoms with Crippen LogP contribution in [-0.4, -0.2) is 50.2 Å². The highest BCUT2D eigenvalue weighted by atomic mass is 16.5. The van der Waals surface area contributed by atoms with Crippen LogP contribution >= 0.6 is 0 Å². The van der Waals surface area contributed by atoms with Crippen molar-refractivity contribution in [3.63, 3.8) is 0 Å². The molecule has 0 radical (unpaired) electrons. The molecule has 0 aromatic rings. The molecule has 0 fully saturated rings. The van der Waals surface area contributed by atoms with Crippen LogP contribution in [0.15, 0.2) is 0 Å². The van der Waals surface area contributed by atoms with Gasteiger partial charge in [-0.3, -0.25) is 4.79 Å². The number of carbonyl (C=O) groups excluding carboxylic acids is 2. The third-order valence-electron chi connectivity index (χ3n) is 5.07. The minimum Gasteiger partial charge on any atom is -0.550 e. The molecule has 0 amide bonds. The van der Waals surface area contributed by atoms with E-state index in [-0.39, 0.29) is 12.4 Å². The lowest BCUT2D eigenvalue weighted by Gasteiger charge is -2.29. The fourth-order valence-electron chi connectivity index (χ4n) is 3.54. The van der Waals surface area contributed by atoms with Crippen LogP contribution in [0, 0.1) is 5.92 Å². The van der Waals surface area contributed by atoms with Crippen molar-refractivity contribution in [2.24, 2.45) is 5.92 Å². The molecule has 2 unspecified atom stereocenters. The normalized spacial score (nSPS) is 13.9. The molecule has 0 rings (SSSR count). The number of rotatable bonds is 18. The van der Waals surface area contributed by atoms with Crippen LogP contribution in [-0.2, 0) is 14.3 Å². The number of esters is 1. The van der Waals surface area contributed by atoms with Crippen LogP contribution in [0.4, 0.5) is 0 Å². The van der Waals surface area contributed by atoms with Gasteiger partial charge in [-0.05, 0) is 12.3 Å². The molecule has 0 bridgehead atoms. The van der Waals surface area contributed by atoms with E-state index in [4.69, 9.17) is 4.74 Å². The van der Waals surface area contributed by atoms with Crippen LogP contribution in [0.5, 0.6) is 0 Å². The lowest BCUT2D eigenvalue weighted by molar-refractivity contribution is -0.873. The number of nitrogens with zero attached hydrogens (tertiary/aromatic N) is 1. The summed E-state index contributed by atoms with van der Waals surface area (Å²) in [5.74, 6) is -0.708. The Balaban J connectivity index is 3.82. The fraction of sp³-hybridized carbons (Fsp3) is 0.913. The Bertz CT molecular complexity index is 417. The number of hydrogen-bond acceptors (Lipinski definition) is 4. The van der Waals surface area contributed by atoms with Crippen molar-refractivity contribution < 1.29 is 23.9 Å². The second-order valence-electron chi connectivity index (χ2n) is 9.42. The van der Waals surface area contributed by atoms with Gasteiger partial charge in [0.1, 0.15) is 6.54 Å². The maximum absolute atomic E-state index is 12.0. The molecule has 0 spiro atoms. The molecular formula is C23H45NO4. The SMILES string of the molecule is CCCCCCCCC(C)CCCCCC(=O)OC(CC(=O)[O-])C[N+](C)(C)C. The average molecular weight is 400 g/mol. The zero-order chi connectivity index (χ0) is 21.4. The van der Waals surface area contributed by atoms with Gasteiger partial charge in [-0.2, -0.15) is 0 Å². The van der Waals surface area contributed by atoms with Crippen LogP contribution < -0.4 is 5.11 Å². The van der Waals surface area contributed by atoms with Crippen molar-refractivity contribution in [2.75, 3.05) is 27.7 Å². The maximum Gasteiger partial charge on any atom is 0.306 e. The molecule has 0 aliphatic heterocycles. The highest BCUT2D eigenvalue weighted by Crippen LogP contribution is 2.18. The minimum absolute atomic E-state index is 0.239. The molecule has 2 atom stereocenters. The Morgan fingerprint density at radius 3 is 1.96 bits per heavy atom. The smallest absolute Gasteiger partial charge is 0.306 e. The highest BCUT2D eigenvalue weighted by molar-refractivity contribution is 5.70. The number of aliphatic carboxylic acids is 1. The number of carbonyl (C=O) groups is 2. The van der Waals surface area contributed by atoms with Gasteiger partial charge in [0.2, 0.25) is 0 Å². The van der Waals surface area contributed by atoms with E-state index in [1.807, 2.05) is 21.1 Å². The zero-order valence-corrected chi connectivity index (χ0v) is 19.1. The number of likely N-dealkylation sites (N-methyl/N-ethyl adjacent to an activating group) is 1. The van der Waals surface area contributed by atoms with Gasteiger partial charge in [0.15, 0.2) is 6.10 Å². The van der Waals surface area contributed by atoms with Crippen LogP contribution in [0.25, 0.3) is 0 Å². The third-order valence-corrected chi connectivity index (χ3v) is 5.07. The van der Waals surface area contributed by atoms with Crippen LogP contribution in [0.1, 0.15) is 97.3 Å². The number of carboxylic acid groups (broad SMARTS) is 1. The van der Waals surface area contributed by atoms with E-state index in [1.54, 1.807) is 0 Å². The first-order valence-electron chi connectivity index (χ1n) is 11.3. The Morgan fingerprint density at radius 2 is 1.43 bits per heavy atom. The lowest BCUT2D eigenvalue weighted by Crippen LogP contribution is -2.45. The monoisotopic (exact) mass is 399 g/mol. The Hall–Kier alpha value is -1.10. The van der Waals surface area contributed by atoms with Gasteiger partial charge in [0, 0.05) is 18.8 Å². The summed E-state index contributed by atoms with van der Waals surface area (Å²) >= 11 is 0. The molecule has 5 heteroatoms. The van der Waals surface area contributed by atoms with E-state index < -0.39 is 12.1 Å². The van der Waals surface area contributed by atoms with E-state index in [0.29, 0.717) is 17.4 Å². The molecule has 0 saturated carbocycles. The molecule has 0 saturated heterocycles. The predicted molar refractivity (Wildman–Crippen MR) is 113 cm³/mol. The third kappa shape index (κ3) is 18.3. The first kappa shape index (κ1) is 26.9. The van der Waals surface area contributed by atoms with Gasteiger partial charge in [-0.1, -0.05) is 78.1 Å². The summed E-state index contributed by atoms with van der Waals surface area (Å²) < 4.78 is 5.93. The van der Waals surface area contributed by atoms with E-state index >= 15 is 0 Å². The average Bonchev–Trinajstić information content (AvgIpc) is 2.55. The summed E-state index contributed by atoms with van der Waals surface area (Å²) in [6, 6.07) is 0. The molecule has 0 aliphatic carbocycles. The van der Waals surface area contributed by atoms with E-state index in [0.717, 1.165) is 25.2 Å². The quantitative estimate of drug-likeness (QED) is 0.198. The molecule has 5 nitrogen and oxygen atoms in total. The van der Waals surface area contributed by atoms with E-state index in [2.05, 4.69) is 13.8 Å². The number of ether oxygens (including phenoxy) is 1. The summed E-state index contributed by atoms with van der Waals surface area (Å²) in [5, 5.41) is 10.9. The molecule has 0 heterocycles. The summed E-state index contributed by atoms with van der Waals surface area (Å²) in [7, 11) is 5.84. The maximum atomic E-state index is 12.0. The molecule has 166 valence electrons. The summed E-state index contributed by atoms with van der Waals surface area (Å²) in [4.78, 5) is 22.9. The van der Waals surface area contributed by atoms with Crippen molar-refractivity contribution in [1.82, 2.24) is 0 Å². The second-order valence-corrected chi connectivity index (χ2v) is 9.42. The van der Waals surface area contributed by atoms with Gasteiger partial charge in [-0.25, -0.2) is 0 Å². The van der Waals surface area contributed by atoms with Crippen LogP contribution in [0.2, 0.25) is 0 Å². The molecule has 0 aliphatic rings. The predicted octanol–water partition coefficient (Wildman–Crippen LogP) is 4.08. The number of quaternary nitrogens is 1. The second kappa shape index (κ2) is 15.8.